The molecule has 4 aromatic rings. The molecule has 2 bridgehead atoms. The number of anilines is 1. The molecule has 3 saturated carbocycles. The van der Waals surface area contributed by atoms with Gasteiger partial charge in [0.05, 0.1) is 31.0 Å². The zero-order valence-electron chi connectivity index (χ0n) is 37.0. The van der Waals surface area contributed by atoms with Gasteiger partial charge in [0, 0.05) is 47.7 Å². The van der Waals surface area contributed by atoms with Crippen LogP contribution < -0.4 is 25.4 Å². The monoisotopic (exact) mass is 908 g/mol. The number of aromatic nitrogens is 2. The van der Waals surface area contributed by atoms with E-state index in [0.717, 1.165) is 42.6 Å². The van der Waals surface area contributed by atoms with Gasteiger partial charge in [-0.2, -0.15) is 0 Å². The fourth-order valence-corrected chi connectivity index (χ4v) is 14.0. The number of nitrogens with one attached hydrogen (secondary N) is 3. The number of carbonyl (C=O) groups is 3. The molecule has 64 heavy (non-hydrogen) atoms. The predicted molar refractivity (Wildman–Crippen MR) is 249 cm³/mol. The van der Waals surface area contributed by atoms with E-state index in [-0.39, 0.29) is 42.9 Å². The van der Waals surface area contributed by atoms with Gasteiger partial charge in [0.2, 0.25) is 25.1 Å². The van der Waals surface area contributed by atoms with Crippen LogP contribution in [-0.4, -0.2) is 80.6 Å². The summed E-state index contributed by atoms with van der Waals surface area (Å²) in [6.07, 6.45) is 12.5. The Morgan fingerprint density at radius 3 is 2.64 bits per heavy atom. The van der Waals surface area contributed by atoms with Crippen LogP contribution in [0.5, 0.6) is 11.5 Å². The highest BCUT2D eigenvalue weighted by Gasteiger charge is 2.66. The van der Waals surface area contributed by atoms with Gasteiger partial charge in [-0.05, 0) is 94.2 Å². The zero-order chi connectivity index (χ0) is 44.6. The Morgan fingerprint density at radius 1 is 1.03 bits per heavy atom. The van der Waals surface area contributed by atoms with Crippen molar-refractivity contribution in [3.8, 4) is 22.9 Å². The van der Waals surface area contributed by atoms with Gasteiger partial charge in [0.15, 0.2) is 5.13 Å². The van der Waals surface area contributed by atoms with Crippen molar-refractivity contribution in [1.29, 1.82) is 0 Å². The van der Waals surface area contributed by atoms with Crippen molar-refractivity contribution >= 4 is 52.5 Å². The summed E-state index contributed by atoms with van der Waals surface area (Å²) in [4.78, 5) is 67.0. The average molecular weight is 909 g/mol. The SMILES string of the molecule is COc1ccc2c(O[C@@H]3C[C@H]4C(=O)N[C@]5(P(=O)(O)Cc6ccccc6)C[C@@H]5/C=C\CCCCC[C@H](NC(=O)CC5CC6CCC5C6)C(=O)N4C3)cc(-c3csc(NC(C)C)n3)nc2c1. The summed E-state index contributed by atoms with van der Waals surface area (Å²) in [5.41, 5.74) is 2.60. The molecule has 13 nitrogen and oxygen atoms in total. The van der Waals surface area contributed by atoms with Crippen LogP contribution in [0.2, 0.25) is 0 Å². The van der Waals surface area contributed by atoms with E-state index in [1.807, 2.05) is 66.1 Å². The molecule has 4 unspecified atom stereocenters. The second-order valence-electron chi connectivity index (χ2n) is 19.1. The van der Waals surface area contributed by atoms with Crippen LogP contribution in [0, 0.1) is 23.7 Å². The van der Waals surface area contributed by atoms with Crippen molar-refractivity contribution in [2.75, 3.05) is 19.0 Å². The molecule has 9 rings (SSSR count). The van der Waals surface area contributed by atoms with Gasteiger partial charge in [0.1, 0.15) is 40.7 Å². The number of hydrogen-bond donors (Lipinski definition) is 4. The minimum atomic E-state index is -4.05. The number of allylic oxidation sites excluding steroid dienone is 1. The normalized spacial score (nSPS) is 29.5. The number of pyridine rings is 1. The van der Waals surface area contributed by atoms with E-state index in [4.69, 9.17) is 19.4 Å². The third-order valence-corrected chi connectivity index (χ3v) is 17.6. The molecule has 0 spiro atoms. The van der Waals surface area contributed by atoms with Gasteiger partial charge in [0.25, 0.3) is 0 Å². The van der Waals surface area contributed by atoms with Crippen LogP contribution in [0.25, 0.3) is 22.3 Å². The molecule has 4 heterocycles. The molecule has 4 fully saturated rings. The van der Waals surface area contributed by atoms with Crippen molar-refractivity contribution in [1.82, 2.24) is 25.5 Å². The highest BCUT2D eigenvalue weighted by Crippen LogP contribution is 2.71. The molecule has 2 aliphatic heterocycles. The highest BCUT2D eigenvalue weighted by atomic mass is 32.1. The molecule has 9 atom stereocenters. The van der Waals surface area contributed by atoms with E-state index >= 15 is 4.79 Å². The molecule has 15 heteroatoms. The number of benzene rings is 2. The Bertz CT molecular complexity index is 2450. The zero-order valence-corrected chi connectivity index (χ0v) is 38.8. The lowest BCUT2D eigenvalue weighted by atomic mass is 9.86. The minimum absolute atomic E-state index is 0.0707. The summed E-state index contributed by atoms with van der Waals surface area (Å²) >= 11 is 1.49. The topological polar surface area (TPSA) is 172 Å². The molecule has 4 N–H and O–H groups in total. The fourth-order valence-electron chi connectivity index (χ4n) is 10.8. The van der Waals surface area contributed by atoms with E-state index in [1.165, 1.54) is 30.6 Å². The van der Waals surface area contributed by atoms with Crippen molar-refractivity contribution < 1.29 is 33.3 Å². The first-order valence-electron chi connectivity index (χ1n) is 23.2. The summed E-state index contributed by atoms with van der Waals surface area (Å²) in [5.74, 6) is 1.45. The van der Waals surface area contributed by atoms with Crippen molar-refractivity contribution in [3.05, 3.63) is 77.7 Å². The molecule has 340 valence electrons. The van der Waals surface area contributed by atoms with E-state index in [0.29, 0.717) is 71.0 Å². The standard InChI is InChI=1S/C49H61N6O7PS/c1-30(2)50-48-53-42(29-64-48)41-25-44(38-19-18-36(61-3)23-40(38)51-41)62-37-24-43-46(57)54-49(63(59,60)28-31-12-8-7-9-13-31)26-35(49)14-10-5-4-6-11-15-39(47(58)55(43)27-37)52-45(56)22-34-21-32-16-17-33(34)20-32/h7-10,12-14,18-19,23,25,29-30,32-35,37,39,43H,4-6,11,15-17,20-22,24,26-28H2,1-3H3,(H,50,53)(H,52,56)(H,54,57)(H,59,60)/b14-10-/t32?,33?,34?,35-,37+,39-,43-,49-/m0/s1. The first kappa shape index (κ1) is 44.4. The Hall–Kier alpha value is -4.78. The molecular formula is C49H61N6O7PS. The molecular weight excluding hydrogens is 848 g/mol. The molecule has 3 aliphatic carbocycles. The number of methoxy groups -OCH3 is 1. The summed E-state index contributed by atoms with van der Waals surface area (Å²) in [5, 5.41) is 11.7. The van der Waals surface area contributed by atoms with Crippen molar-refractivity contribution in [2.45, 2.75) is 127 Å². The van der Waals surface area contributed by atoms with Gasteiger partial charge in [-0.3, -0.25) is 18.9 Å². The maximum absolute atomic E-state index is 15.0. The molecule has 2 aromatic heterocycles. The van der Waals surface area contributed by atoms with Gasteiger partial charge < -0.3 is 35.2 Å². The number of fused-ring (bicyclic) bond motifs is 5. The number of hydrogen-bond acceptors (Lipinski definition) is 10. The van der Waals surface area contributed by atoms with Gasteiger partial charge >= 0.3 is 0 Å². The van der Waals surface area contributed by atoms with Crippen LogP contribution >= 0.6 is 18.7 Å². The highest BCUT2D eigenvalue weighted by molar-refractivity contribution is 7.59. The molecule has 2 aromatic carbocycles. The second kappa shape index (κ2) is 18.6. The van der Waals surface area contributed by atoms with E-state index in [1.54, 1.807) is 12.0 Å². The predicted octanol–water partition coefficient (Wildman–Crippen LogP) is 8.67. The van der Waals surface area contributed by atoms with Gasteiger partial charge in [-0.25, -0.2) is 9.97 Å². The van der Waals surface area contributed by atoms with E-state index in [9.17, 15) is 19.0 Å². The second-order valence-corrected chi connectivity index (χ2v) is 22.5. The van der Waals surface area contributed by atoms with E-state index < -0.39 is 36.7 Å². The summed E-state index contributed by atoms with van der Waals surface area (Å²) in [7, 11) is -2.45. The fraction of sp³-hybridized carbons (Fsp3) is 0.531. The van der Waals surface area contributed by atoms with Crippen LogP contribution in [0.3, 0.4) is 0 Å². The number of nitrogens with zero attached hydrogens (tertiary/aromatic N) is 3. The molecule has 0 radical (unpaired) electrons. The quantitative estimate of drug-likeness (QED) is 0.0797. The third-order valence-electron chi connectivity index (χ3n) is 14.2. The van der Waals surface area contributed by atoms with Crippen LogP contribution in [0.4, 0.5) is 5.13 Å². The van der Waals surface area contributed by atoms with Crippen LogP contribution in [0.1, 0.15) is 96.5 Å². The number of thiazole rings is 1. The Balaban J connectivity index is 1.04. The van der Waals surface area contributed by atoms with Crippen LogP contribution in [-0.2, 0) is 25.1 Å². The first-order valence-corrected chi connectivity index (χ1v) is 25.9. The average Bonchev–Trinajstić information content (AvgIpc) is 3.80. The maximum Gasteiger partial charge on any atom is 0.245 e. The Morgan fingerprint density at radius 2 is 1.88 bits per heavy atom. The number of rotatable bonds is 12. The van der Waals surface area contributed by atoms with Crippen molar-refractivity contribution in [3.63, 3.8) is 0 Å². The number of ether oxygens (including phenoxy) is 2. The van der Waals surface area contributed by atoms with Gasteiger partial charge in [-0.15, -0.1) is 11.3 Å². The first-order chi connectivity index (χ1) is 30.9. The number of carbonyl (C=O) groups excluding carboxylic acids is 3. The summed E-state index contributed by atoms with van der Waals surface area (Å²) < 4.78 is 27.0. The van der Waals surface area contributed by atoms with Gasteiger partial charge in [-0.1, -0.05) is 61.7 Å². The number of amides is 3. The third kappa shape index (κ3) is 9.47. The molecule has 3 amide bonds. The minimum Gasteiger partial charge on any atom is -0.497 e. The summed E-state index contributed by atoms with van der Waals surface area (Å²) in [6.45, 7) is 4.18. The Kier molecular flexibility index (Phi) is 12.9. The van der Waals surface area contributed by atoms with E-state index in [2.05, 4.69) is 35.9 Å². The largest absolute Gasteiger partial charge is 0.497 e. The Labute approximate surface area is 379 Å². The lowest BCUT2D eigenvalue weighted by Gasteiger charge is -2.31. The maximum atomic E-state index is 15.0. The molecule has 5 aliphatic rings. The van der Waals surface area contributed by atoms with Crippen LogP contribution in [0.15, 0.2) is 72.1 Å². The van der Waals surface area contributed by atoms with Crippen molar-refractivity contribution in [2.24, 2.45) is 23.7 Å². The lowest BCUT2D eigenvalue weighted by molar-refractivity contribution is -0.142. The smallest absolute Gasteiger partial charge is 0.245 e. The molecule has 1 saturated heterocycles. The lowest BCUT2D eigenvalue weighted by Crippen LogP contribution is -2.55. The summed E-state index contributed by atoms with van der Waals surface area (Å²) in [6, 6.07) is 14.9.